The lowest BCUT2D eigenvalue weighted by molar-refractivity contribution is 0.101. The zero-order valence-corrected chi connectivity index (χ0v) is 12.8. The molecule has 0 radical (unpaired) electrons. The van der Waals surface area contributed by atoms with Crippen molar-refractivity contribution in [2.24, 2.45) is 0 Å². The third-order valence-corrected chi connectivity index (χ3v) is 4.02. The van der Waals surface area contributed by atoms with Gasteiger partial charge in [-0.1, -0.05) is 45.8 Å². The van der Waals surface area contributed by atoms with Gasteiger partial charge in [0, 0.05) is 15.4 Å². The minimum Gasteiger partial charge on any atom is -0.452 e. The Morgan fingerprint density at radius 3 is 2.65 bits per heavy atom. The van der Waals surface area contributed by atoms with Gasteiger partial charge < -0.3 is 4.42 Å². The van der Waals surface area contributed by atoms with Gasteiger partial charge in [0.2, 0.25) is 5.78 Å². The molecule has 3 rings (SSSR count). The van der Waals surface area contributed by atoms with Crippen LogP contribution >= 0.6 is 15.9 Å². The molecule has 0 aliphatic carbocycles. The molecule has 1 heterocycles. The molecule has 0 aliphatic rings. The molecule has 0 aliphatic heterocycles. The Bertz CT molecular complexity index is 815. The minimum absolute atomic E-state index is 0.101. The molecular weight excluding hydrogens is 316 g/mol. The lowest BCUT2D eigenvalue weighted by atomic mass is 10.1. The summed E-state index contributed by atoms with van der Waals surface area (Å²) in [5, 5.41) is 0.956. The minimum atomic E-state index is -0.101. The van der Waals surface area contributed by atoms with Crippen LogP contribution in [0.3, 0.4) is 0 Å². The van der Waals surface area contributed by atoms with Gasteiger partial charge in [-0.2, -0.15) is 0 Å². The van der Waals surface area contributed by atoms with E-state index < -0.39 is 0 Å². The predicted molar refractivity (Wildman–Crippen MR) is 83.3 cm³/mol. The topological polar surface area (TPSA) is 30.2 Å². The summed E-state index contributed by atoms with van der Waals surface area (Å²) in [5.74, 6) is 0.275. The molecule has 0 saturated carbocycles. The summed E-state index contributed by atoms with van der Waals surface area (Å²) < 4.78 is 6.52. The Labute approximate surface area is 125 Å². The van der Waals surface area contributed by atoms with Crippen LogP contribution in [-0.2, 0) is 0 Å². The fourth-order valence-electron chi connectivity index (χ4n) is 2.27. The van der Waals surface area contributed by atoms with Crippen LogP contribution in [0.5, 0.6) is 0 Å². The second-order valence-corrected chi connectivity index (χ2v) is 5.77. The molecule has 100 valence electrons. The average Bonchev–Trinajstić information content (AvgIpc) is 2.86. The molecule has 0 saturated heterocycles. The quantitative estimate of drug-likeness (QED) is 0.616. The largest absolute Gasteiger partial charge is 0.452 e. The molecule has 2 aromatic carbocycles. The maximum atomic E-state index is 12.6. The van der Waals surface area contributed by atoms with Gasteiger partial charge in [0.25, 0.3) is 0 Å². The molecule has 0 spiro atoms. The van der Waals surface area contributed by atoms with Crippen LogP contribution in [0.25, 0.3) is 11.0 Å². The third kappa shape index (κ3) is 2.18. The number of fused-ring (bicyclic) bond motifs is 1. The van der Waals surface area contributed by atoms with E-state index >= 15 is 0 Å². The Morgan fingerprint density at radius 2 is 1.90 bits per heavy atom. The zero-order valence-electron chi connectivity index (χ0n) is 11.2. The maximum Gasteiger partial charge on any atom is 0.229 e. The molecule has 0 amide bonds. The molecule has 0 unspecified atom stereocenters. The van der Waals surface area contributed by atoms with Crippen molar-refractivity contribution in [3.05, 3.63) is 69.4 Å². The van der Waals surface area contributed by atoms with Crippen LogP contribution in [0.15, 0.2) is 51.4 Å². The number of hydrogen-bond acceptors (Lipinski definition) is 2. The number of hydrogen-bond donors (Lipinski definition) is 0. The first-order chi connectivity index (χ1) is 9.56. The first-order valence-electron chi connectivity index (χ1n) is 6.36. The van der Waals surface area contributed by atoms with Crippen molar-refractivity contribution in [1.82, 2.24) is 0 Å². The molecular formula is C17H13BrO2. The molecule has 20 heavy (non-hydrogen) atoms. The lowest BCUT2D eigenvalue weighted by Crippen LogP contribution is -2.01. The maximum absolute atomic E-state index is 12.6. The fraction of sp³-hybridized carbons (Fsp3) is 0.118. The van der Waals surface area contributed by atoms with Crippen LogP contribution in [0.1, 0.15) is 27.2 Å². The van der Waals surface area contributed by atoms with Gasteiger partial charge in [0.1, 0.15) is 5.58 Å². The molecule has 0 fully saturated rings. The highest BCUT2D eigenvalue weighted by molar-refractivity contribution is 9.10. The molecule has 0 N–H and O–H groups in total. The van der Waals surface area contributed by atoms with E-state index in [1.165, 1.54) is 0 Å². The normalized spacial score (nSPS) is 10.9. The Hall–Kier alpha value is -1.87. The van der Waals surface area contributed by atoms with Gasteiger partial charge >= 0.3 is 0 Å². The van der Waals surface area contributed by atoms with Crippen LogP contribution in [0.4, 0.5) is 0 Å². The highest BCUT2D eigenvalue weighted by Gasteiger charge is 2.17. The predicted octanol–water partition coefficient (Wildman–Crippen LogP) is 5.04. The van der Waals surface area contributed by atoms with Gasteiger partial charge in [-0.25, -0.2) is 0 Å². The Balaban J connectivity index is 2.13. The number of ketones is 1. The molecule has 0 bridgehead atoms. The smallest absolute Gasteiger partial charge is 0.229 e. The van der Waals surface area contributed by atoms with E-state index in [0.717, 1.165) is 26.6 Å². The highest BCUT2D eigenvalue weighted by atomic mass is 79.9. The van der Waals surface area contributed by atoms with Crippen molar-refractivity contribution < 1.29 is 9.21 Å². The van der Waals surface area contributed by atoms with Gasteiger partial charge in [0.05, 0.1) is 0 Å². The van der Waals surface area contributed by atoms with Gasteiger partial charge in [-0.15, -0.1) is 0 Å². The van der Waals surface area contributed by atoms with E-state index in [1.807, 2.05) is 50.2 Å². The molecule has 1 aromatic heterocycles. The Morgan fingerprint density at radius 1 is 1.10 bits per heavy atom. The summed E-state index contributed by atoms with van der Waals surface area (Å²) in [6.07, 6.45) is 0. The summed E-state index contributed by atoms with van der Waals surface area (Å²) in [5.41, 5.74) is 3.48. The van der Waals surface area contributed by atoms with Crippen molar-refractivity contribution in [1.29, 1.82) is 0 Å². The third-order valence-electron chi connectivity index (χ3n) is 3.33. The van der Waals surface area contributed by atoms with Crippen LogP contribution in [0.2, 0.25) is 0 Å². The van der Waals surface area contributed by atoms with E-state index in [9.17, 15) is 4.79 Å². The summed E-state index contributed by atoms with van der Waals surface area (Å²) in [6, 6.07) is 13.4. The molecule has 2 nitrogen and oxygen atoms in total. The second-order valence-electron chi connectivity index (χ2n) is 4.92. The number of halogens is 1. The van der Waals surface area contributed by atoms with Crippen molar-refractivity contribution in [2.75, 3.05) is 0 Å². The number of carbonyl (C=O) groups excluding carboxylic acids is 1. The van der Waals surface area contributed by atoms with E-state index in [4.69, 9.17) is 4.42 Å². The van der Waals surface area contributed by atoms with Crippen LogP contribution in [0, 0.1) is 13.8 Å². The summed E-state index contributed by atoms with van der Waals surface area (Å²) in [4.78, 5) is 12.6. The molecule has 3 aromatic rings. The number of furan rings is 1. The van der Waals surface area contributed by atoms with Crippen LogP contribution in [-0.4, -0.2) is 5.78 Å². The lowest BCUT2D eigenvalue weighted by Gasteiger charge is -2.02. The molecule has 3 heteroatoms. The highest BCUT2D eigenvalue weighted by Crippen LogP contribution is 2.27. The Kier molecular flexibility index (Phi) is 3.22. The second kappa shape index (κ2) is 4.91. The van der Waals surface area contributed by atoms with E-state index in [-0.39, 0.29) is 5.78 Å². The molecule has 0 atom stereocenters. The summed E-state index contributed by atoms with van der Waals surface area (Å²) >= 11 is 3.42. The van der Waals surface area contributed by atoms with E-state index in [1.54, 1.807) is 6.07 Å². The summed E-state index contributed by atoms with van der Waals surface area (Å²) in [7, 11) is 0. The SMILES string of the molecule is Cc1ccc(Br)c(C(=O)c2cc3cccc(C)c3o2)c1. The van der Waals surface area contributed by atoms with E-state index in [0.29, 0.717) is 11.3 Å². The zero-order chi connectivity index (χ0) is 14.3. The van der Waals surface area contributed by atoms with Gasteiger partial charge in [-0.05, 0) is 37.6 Å². The van der Waals surface area contributed by atoms with Gasteiger partial charge in [0.15, 0.2) is 5.76 Å². The van der Waals surface area contributed by atoms with Crippen molar-refractivity contribution in [3.8, 4) is 0 Å². The summed E-state index contributed by atoms with van der Waals surface area (Å²) in [6.45, 7) is 3.94. The van der Waals surface area contributed by atoms with Crippen LogP contribution < -0.4 is 0 Å². The fourth-order valence-corrected chi connectivity index (χ4v) is 2.69. The first-order valence-corrected chi connectivity index (χ1v) is 7.15. The van der Waals surface area contributed by atoms with Crippen molar-refractivity contribution >= 4 is 32.7 Å². The van der Waals surface area contributed by atoms with Crippen molar-refractivity contribution in [2.45, 2.75) is 13.8 Å². The monoisotopic (exact) mass is 328 g/mol. The standard InChI is InChI=1S/C17H13BrO2/c1-10-6-7-14(18)13(8-10)16(19)15-9-12-5-3-4-11(2)17(12)20-15/h3-9H,1-2H3. The average molecular weight is 329 g/mol. The van der Waals surface area contributed by atoms with Crippen molar-refractivity contribution in [3.63, 3.8) is 0 Å². The van der Waals surface area contributed by atoms with E-state index in [2.05, 4.69) is 15.9 Å². The number of carbonyl (C=O) groups is 1. The van der Waals surface area contributed by atoms with Gasteiger partial charge in [-0.3, -0.25) is 4.79 Å². The number of rotatable bonds is 2. The number of aryl methyl sites for hydroxylation is 2. The number of benzene rings is 2. The number of para-hydroxylation sites is 1. The first kappa shape index (κ1) is 13.1.